The molecule has 0 amide bonds. The number of fused-ring (bicyclic) bond motifs is 1. The van der Waals surface area contributed by atoms with E-state index in [9.17, 15) is 4.79 Å². The largest absolute Gasteiger partial charge is 0.511 e. The van der Waals surface area contributed by atoms with Crippen molar-refractivity contribution < 1.29 is 14.6 Å². The van der Waals surface area contributed by atoms with E-state index in [1.54, 1.807) is 41.1 Å². The second-order valence-corrected chi connectivity index (χ2v) is 4.31. The topological polar surface area (TPSA) is 87.6 Å². The van der Waals surface area contributed by atoms with Crippen LogP contribution in [0, 0.1) is 11.3 Å². The first-order valence-electron chi connectivity index (χ1n) is 6.06. The number of carbonyl (C=O) groups is 1. The van der Waals surface area contributed by atoms with Crippen LogP contribution in [0.1, 0.15) is 5.56 Å². The smallest absolute Gasteiger partial charge is 0.449 e. The maximum absolute atomic E-state index is 10.5. The third kappa shape index (κ3) is 2.53. The molecular formula is C15H9N3O3. The summed E-state index contributed by atoms with van der Waals surface area (Å²) in [5.74, 6) is 0.221. The minimum atomic E-state index is -1.36. The van der Waals surface area contributed by atoms with Gasteiger partial charge in [-0.2, -0.15) is 5.26 Å². The van der Waals surface area contributed by atoms with E-state index in [2.05, 4.69) is 15.8 Å². The molecule has 21 heavy (non-hydrogen) atoms. The molecule has 3 aromatic rings. The van der Waals surface area contributed by atoms with Crippen LogP contribution < -0.4 is 4.74 Å². The fourth-order valence-electron chi connectivity index (χ4n) is 1.99. The Balaban J connectivity index is 2.00. The van der Waals surface area contributed by atoms with Crippen LogP contribution in [-0.2, 0) is 0 Å². The number of hydrogen-bond donors (Lipinski definition) is 1. The molecule has 0 aliphatic carbocycles. The fraction of sp³-hybridized carbons (Fsp3) is 0. The Hall–Kier alpha value is -3.33. The molecule has 2 heterocycles. The number of hydrogen-bond acceptors (Lipinski definition) is 4. The van der Waals surface area contributed by atoms with Gasteiger partial charge in [0.25, 0.3) is 0 Å². The number of imidazole rings is 1. The zero-order valence-electron chi connectivity index (χ0n) is 10.7. The summed E-state index contributed by atoms with van der Waals surface area (Å²) in [6.07, 6.45) is 1.96. The normalized spacial score (nSPS) is 10.2. The summed E-state index contributed by atoms with van der Waals surface area (Å²) in [4.78, 5) is 15.0. The van der Waals surface area contributed by atoms with E-state index in [1.165, 1.54) is 0 Å². The number of ether oxygens (including phenoxy) is 1. The van der Waals surface area contributed by atoms with Crippen molar-refractivity contribution >= 4 is 11.8 Å². The summed E-state index contributed by atoms with van der Waals surface area (Å²) in [5, 5.41) is 17.4. The van der Waals surface area contributed by atoms with Gasteiger partial charge in [-0.15, -0.1) is 0 Å². The van der Waals surface area contributed by atoms with E-state index in [0.717, 1.165) is 11.3 Å². The highest BCUT2D eigenvalue weighted by Crippen LogP contribution is 2.21. The lowest BCUT2D eigenvalue weighted by molar-refractivity contribution is 0.144. The van der Waals surface area contributed by atoms with Gasteiger partial charge in [-0.1, -0.05) is 12.1 Å². The van der Waals surface area contributed by atoms with Crippen LogP contribution in [0.25, 0.3) is 16.9 Å². The molecule has 0 spiro atoms. The monoisotopic (exact) mass is 279 g/mol. The second kappa shape index (κ2) is 4.98. The van der Waals surface area contributed by atoms with E-state index >= 15 is 0 Å². The first kappa shape index (κ1) is 12.7. The van der Waals surface area contributed by atoms with E-state index in [0.29, 0.717) is 11.2 Å². The van der Waals surface area contributed by atoms with Crippen molar-refractivity contribution in [3.05, 3.63) is 54.4 Å². The first-order valence-corrected chi connectivity index (χ1v) is 6.06. The summed E-state index contributed by atoms with van der Waals surface area (Å²) in [6.45, 7) is 0. The van der Waals surface area contributed by atoms with Crippen LogP contribution in [0.3, 0.4) is 0 Å². The Morgan fingerprint density at radius 2 is 1.95 bits per heavy atom. The summed E-state index contributed by atoms with van der Waals surface area (Å²) < 4.78 is 6.29. The lowest BCUT2D eigenvalue weighted by Crippen LogP contribution is -2.03. The number of nitrogens with zero attached hydrogens (tertiary/aromatic N) is 3. The molecule has 1 aromatic carbocycles. The van der Waals surface area contributed by atoms with Gasteiger partial charge in [-0.25, -0.2) is 9.78 Å². The predicted octanol–water partition coefficient (Wildman–Crippen LogP) is 2.93. The molecule has 1 N–H and O–H groups in total. The lowest BCUT2D eigenvalue weighted by atomic mass is 10.1. The molecule has 0 unspecified atom stereocenters. The van der Waals surface area contributed by atoms with Crippen molar-refractivity contribution in [2.75, 3.05) is 0 Å². The summed E-state index contributed by atoms with van der Waals surface area (Å²) in [5.41, 5.74) is 2.86. The van der Waals surface area contributed by atoms with Crippen LogP contribution in [0.2, 0.25) is 0 Å². The average molecular weight is 279 g/mol. The van der Waals surface area contributed by atoms with Gasteiger partial charge in [-0.05, 0) is 24.3 Å². The molecular weight excluding hydrogens is 270 g/mol. The number of aromatic nitrogens is 2. The maximum atomic E-state index is 10.5. The first-order chi connectivity index (χ1) is 10.2. The van der Waals surface area contributed by atoms with Gasteiger partial charge in [0.2, 0.25) is 0 Å². The third-order valence-electron chi connectivity index (χ3n) is 2.94. The second-order valence-electron chi connectivity index (χ2n) is 4.31. The molecule has 0 atom stereocenters. The van der Waals surface area contributed by atoms with Crippen LogP contribution >= 0.6 is 0 Å². The van der Waals surface area contributed by atoms with Gasteiger partial charge >= 0.3 is 6.16 Å². The Bertz CT molecular complexity index is 860. The van der Waals surface area contributed by atoms with E-state index in [1.807, 2.05) is 12.1 Å². The zero-order valence-corrected chi connectivity index (χ0v) is 10.7. The fourth-order valence-corrected chi connectivity index (χ4v) is 1.99. The third-order valence-corrected chi connectivity index (χ3v) is 2.94. The lowest BCUT2D eigenvalue weighted by Gasteiger charge is -1.99. The van der Waals surface area contributed by atoms with Gasteiger partial charge < -0.3 is 14.2 Å². The van der Waals surface area contributed by atoms with Crippen LogP contribution in [0.15, 0.2) is 48.8 Å². The van der Waals surface area contributed by atoms with Crippen molar-refractivity contribution in [3.63, 3.8) is 0 Å². The molecule has 102 valence electrons. The van der Waals surface area contributed by atoms with Gasteiger partial charge in [0.15, 0.2) is 5.75 Å². The van der Waals surface area contributed by atoms with Crippen LogP contribution in [0.5, 0.6) is 5.75 Å². The highest BCUT2D eigenvalue weighted by Gasteiger charge is 2.07. The number of carboxylic acid groups (broad SMARTS) is 1. The van der Waals surface area contributed by atoms with Crippen LogP contribution in [-0.4, -0.2) is 20.6 Å². The Kier molecular flexibility index (Phi) is 3.01. The van der Waals surface area contributed by atoms with Gasteiger partial charge in [0, 0.05) is 11.8 Å². The van der Waals surface area contributed by atoms with Crippen LogP contribution in [0.4, 0.5) is 4.79 Å². The van der Waals surface area contributed by atoms with Crippen molar-refractivity contribution in [2.24, 2.45) is 0 Å². The van der Waals surface area contributed by atoms with Gasteiger partial charge in [-0.3, -0.25) is 0 Å². The standard InChI is InChI=1S/C15H9N3O3/c16-7-10-1-3-11(4-2-10)13-9-18-8-12(21-15(19)20)5-6-14(18)17-13/h1-6,8-9H,(H,19,20). The van der Waals surface area contributed by atoms with Crippen molar-refractivity contribution in [2.45, 2.75) is 0 Å². The molecule has 0 fully saturated rings. The molecule has 0 aliphatic heterocycles. The highest BCUT2D eigenvalue weighted by molar-refractivity contribution is 5.65. The minimum absolute atomic E-state index is 0.221. The van der Waals surface area contributed by atoms with E-state index in [-0.39, 0.29) is 5.75 Å². The zero-order chi connectivity index (χ0) is 14.8. The molecule has 0 saturated carbocycles. The van der Waals surface area contributed by atoms with Crippen molar-refractivity contribution in [1.29, 1.82) is 5.26 Å². The predicted molar refractivity (Wildman–Crippen MR) is 74.0 cm³/mol. The Morgan fingerprint density at radius 3 is 2.62 bits per heavy atom. The SMILES string of the molecule is N#Cc1ccc(-c2cn3cc(OC(=O)O)ccc3n2)cc1. The molecule has 3 rings (SSSR count). The average Bonchev–Trinajstić information content (AvgIpc) is 2.90. The van der Waals surface area contributed by atoms with Crippen molar-refractivity contribution in [3.8, 4) is 23.1 Å². The summed E-state index contributed by atoms with van der Waals surface area (Å²) in [6, 6.07) is 12.3. The maximum Gasteiger partial charge on any atom is 0.511 e. The molecule has 6 heteroatoms. The number of pyridine rings is 1. The molecule has 0 radical (unpaired) electrons. The highest BCUT2D eigenvalue weighted by atomic mass is 16.7. The number of rotatable bonds is 2. The molecule has 0 saturated heterocycles. The number of benzene rings is 1. The minimum Gasteiger partial charge on any atom is -0.449 e. The molecule has 2 aromatic heterocycles. The van der Waals surface area contributed by atoms with Crippen molar-refractivity contribution in [1.82, 2.24) is 9.38 Å². The number of nitriles is 1. The van der Waals surface area contributed by atoms with Gasteiger partial charge in [0.05, 0.1) is 23.5 Å². The Labute approximate surface area is 119 Å². The van der Waals surface area contributed by atoms with E-state index in [4.69, 9.17) is 10.4 Å². The van der Waals surface area contributed by atoms with E-state index < -0.39 is 6.16 Å². The summed E-state index contributed by atoms with van der Waals surface area (Å²) >= 11 is 0. The Morgan fingerprint density at radius 1 is 1.19 bits per heavy atom. The van der Waals surface area contributed by atoms with Gasteiger partial charge in [0.1, 0.15) is 5.65 Å². The summed E-state index contributed by atoms with van der Waals surface area (Å²) in [7, 11) is 0. The molecule has 6 nitrogen and oxygen atoms in total. The molecule has 0 aliphatic rings. The molecule has 0 bridgehead atoms. The quantitative estimate of drug-likeness (QED) is 0.729.